The Bertz CT molecular complexity index is 919. The number of hydrogen-bond donors (Lipinski definition) is 5. The number of benzene rings is 1. The van der Waals surface area contributed by atoms with Crippen molar-refractivity contribution >= 4 is 51.0 Å². The van der Waals surface area contributed by atoms with Crippen molar-refractivity contribution in [2.24, 2.45) is 5.14 Å². The highest BCUT2D eigenvalue weighted by atomic mass is 79.9. The lowest BCUT2D eigenvalue weighted by molar-refractivity contribution is 0.372. The predicted octanol–water partition coefficient (Wildman–Crippen LogP) is 1.61. The molecule has 0 radical (unpaired) electrons. The zero-order valence-electron chi connectivity index (χ0n) is 13.3. The van der Waals surface area contributed by atoms with Crippen LogP contribution < -0.4 is 15.8 Å². The van der Waals surface area contributed by atoms with E-state index in [1.54, 1.807) is 0 Å². The lowest BCUT2D eigenvalue weighted by atomic mass is 10.3. The van der Waals surface area contributed by atoms with Crippen molar-refractivity contribution in [1.82, 2.24) is 9.97 Å². The van der Waals surface area contributed by atoms with Gasteiger partial charge in [-0.15, -0.1) is 0 Å². The minimum absolute atomic E-state index is 0.00724. The van der Waals surface area contributed by atoms with Gasteiger partial charge < -0.3 is 20.4 Å². The van der Waals surface area contributed by atoms with Crippen LogP contribution in [-0.4, -0.2) is 40.9 Å². The van der Waals surface area contributed by atoms with Gasteiger partial charge in [-0.2, -0.15) is 4.98 Å². The molecule has 0 unspecified atom stereocenters. The van der Waals surface area contributed by atoms with E-state index in [9.17, 15) is 13.0 Å². The number of nitrogens with one attached hydrogen (secondary N) is 2. The molecule has 0 aliphatic heterocycles. The van der Waals surface area contributed by atoms with Crippen molar-refractivity contribution in [1.29, 1.82) is 0 Å². The van der Waals surface area contributed by atoms with Crippen LogP contribution in [0.4, 0.5) is 17.5 Å². The summed E-state index contributed by atoms with van der Waals surface area (Å²) in [7, 11) is -7.78. The third kappa shape index (κ3) is 6.63. The Hall–Kier alpha value is -1.56. The number of nitrogens with two attached hydrogens (primary N) is 1. The molecule has 1 heterocycles. The topological polar surface area (TPSA) is 168 Å². The molecular formula is C13H17BrN5O5PS. The summed E-state index contributed by atoms with van der Waals surface area (Å²) in [5.41, 5.74) is 0.562. The Morgan fingerprint density at radius 1 is 1.23 bits per heavy atom. The lowest BCUT2D eigenvalue weighted by Crippen LogP contribution is -2.12. The highest BCUT2D eigenvalue weighted by Gasteiger charge is 2.12. The van der Waals surface area contributed by atoms with Gasteiger partial charge in [0.25, 0.3) is 0 Å². The maximum Gasteiger partial charge on any atom is 0.325 e. The molecule has 1 aromatic carbocycles. The van der Waals surface area contributed by atoms with Crippen LogP contribution in [-0.2, 0) is 14.6 Å². The Kier molecular flexibility index (Phi) is 6.72. The summed E-state index contributed by atoms with van der Waals surface area (Å²) in [4.78, 5) is 26.0. The summed E-state index contributed by atoms with van der Waals surface area (Å²) in [5, 5.41) is 10.9. The molecule has 0 fully saturated rings. The van der Waals surface area contributed by atoms with Gasteiger partial charge in [-0.1, -0.05) is 0 Å². The van der Waals surface area contributed by atoms with Gasteiger partial charge in [0.05, 0.1) is 15.5 Å². The molecule has 2 rings (SSSR count). The molecule has 26 heavy (non-hydrogen) atoms. The summed E-state index contributed by atoms with van der Waals surface area (Å²) in [5.74, 6) is 0.711. The van der Waals surface area contributed by atoms with Crippen LogP contribution in [0.5, 0.6) is 0 Å². The molecule has 10 nitrogen and oxygen atoms in total. The first-order valence-corrected chi connectivity index (χ1v) is 11.4. The van der Waals surface area contributed by atoms with Crippen LogP contribution in [0.3, 0.4) is 0 Å². The zero-order chi connectivity index (χ0) is 19.4. The van der Waals surface area contributed by atoms with Crippen LogP contribution >= 0.6 is 23.5 Å². The fourth-order valence-electron chi connectivity index (χ4n) is 1.90. The van der Waals surface area contributed by atoms with Gasteiger partial charge in [0.1, 0.15) is 5.82 Å². The average Bonchev–Trinajstić information content (AvgIpc) is 2.53. The molecule has 0 spiro atoms. The Morgan fingerprint density at radius 3 is 2.46 bits per heavy atom. The molecule has 0 aliphatic rings. The number of primary sulfonamides is 1. The van der Waals surface area contributed by atoms with Gasteiger partial charge >= 0.3 is 7.60 Å². The molecule has 0 atom stereocenters. The van der Waals surface area contributed by atoms with Gasteiger partial charge in [0, 0.05) is 18.4 Å². The van der Waals surface area contributed by atoms with E-state index < -0.39 is 17.6 Å². The SMILES string of the molecule is NS(=O)(=O)c1ccc(Nc2ncc(Br)c(NCCCP(=O)(O)O)n2)cc1. The highest BCUT2D eigenvalue weighted by Crippen LogP contribution is 2.34. The predicted molar refractivity (Wildman–Crippen MR) is 101 cm³/mol. The van der Waals surface area contributed by atoms with E-state index in [0.29, 0.717) is 22.5 Å². The van der Waals surface area contributed by atoms with E-state index in [2.05, 4.69) is 36.5 Å². The summed E-state index contributed by atoms with van der Waals surface area (Å²) >= 11 is 3.29. The smallest absolute Gasteiger partial charge is 0.325 e. The molecule has 142 valence electrons. The molecule has 0 saturated heterocycles. The summed E-state index contributed by atoms with van der Waals surface area (Å²) in [6, 6.07) is 5.77. The first-order chi connectivity index (χ1) is 12.0. The quantitative estimate of drug-likeness (QED) is 0.287. The second-order valence-corrected chi connectivity index (χ2v) is 9.45. The van der Waals surface area contributed by atoms with Crippen molar-refractivity contribution in [2.45, 2.75) is 11.3 Å². The van der Waals surface area contributed by atoms with Gasteiger partial charge in [-0.3, -0.25) is 4.57 Å². The van der Waals surface area contributed by atoms with Crippen LogP contribution in [0.25, 0.3) is 0 Å². The Labute approximate surface area is 158 Å². The number of aromatic nitrogens is 2. The van der Waals surface area contributed by atoms with Crippen molar-refractivity contribution in [3.8, 4) is 0 Å². The number of rotatable bonds is 8. The highest BCUT2D eigenvalue weighted by molar-refractivity contribution is 9.10. The number of halogens is 1. The molecule has 0 aliphatic carbocycles. The summed E-state index contributed by atoms with van der Waals surface area (Å²) in [6.07, 6.45) is 1.57. The average molecular weight is 466 g/mol. The maximum absolute atomic E-state index is 11.2. The van der Waals surface area contributed by atoms with Crippen LogP contribution in [0.15, 0.2) is 39.8 Å². The fourth-order valence-corrected chi connectivity index (χ4v) is 3.32. The normalized spacial score (nSPS) is 12.0. The van der Waals surface area contributed by atoms with E-state index >= 15 is 0 Å². The van der Waals surface area contributed by atoms with E-state index in [-0.39, 0.29) is 23.4 Å². The van der Waals surface area contributed by atoms with Gasteiger partial charge in [-0.05, 0) is 46.6 Å². The minimum atomic E-state index is -4.02. The molecule has 0 amide bonds. The molecule has 6 N–H and O–H groups in total. The van der Waals surface area contributed by atoms with E-state index in [1.807, 2.05) is 0 Å². The maximum atomic E-state index is 11.2. The standard InChI is InChI=1S/C13H17BrN5O5PS/c14-11-8-17-13(19-12(11)16-6-1-7-25(20,21)22)18-9-2-4-10(5-3-9)26(15,23)24/h2-5,8H,1,6-7H2,(H2,15,23,24)(H2,20,21,22)(H2,16,17,18,19). The Balaban J connectivity index is 2.03. The van der Waals surface area contributed by atoms with Crippen molar-refractivity contribution < 1.29 is 22.8 Å². The van der Waals surface area contributed by atoms with Crippen molar-refractivity contribution in [3.63, 3.8) is 0 Å². The molecule has 2 aromatic rings. The summed E-state index contributed by atoms with van der Waals surface area (Å²) < 4.78 is 33.9. The largest absolute Gasteiger partial charge is 0.369 e. The molecule has 1 aromatic heterocycles. The van der Waals surface area contributed by atoms with Gasteiger partial charge in [0.15, 0.2) is 0 Å². The van der Waals surface area contributed by atoms with Crippen LogP contribution in [0.1, 0.15) is 6.42 Å². The first-order valence-electron chi connectivity index (χ1n) is 7.25. The van der Waals surface area contributed by atoms with E-state index in [4.69, 9.17) is 14.9 Å². The number of sulfonamides is 1. The number of anilines is 3. The monoisotopic (exact) mass is 465 g/mol. The van der Waals surface area contributed by atoms with Crippen LogP contribution in [0.2, 0.25) is 0 Å². The number of hydrogen-bond acceptors (Lipinski definition) is 7. The van der Waals surface area contributed by atoms with Gasteiger partial charge in [0.2, 0.25) is 16.0 Å². The van der Waals surface area contributed by atoms with Crippen molar-refractivity contribution in [3.05, 3.63) is 34.9 Å². The second kappa shape index (κ2) is 8.42. The molecule has 0 saturated carbocycles. The molecule has 0 bridgehead atoms. The van der Waals surface area contributed by atoms with E-state index in [0.717, 1.165) is 0 Å². The molecular weight excluding hydrogens is 449 g/mol. The fraction of sp³-hybridized carbons (Fsp3) is 0.231. The third-order valence-electron chi connectivity index (χ3n) is 3.10. The second-order valence-electron chi connectivity index (χ2n) is 5.25. The minimum Gasteiger partial charge on any atom is -0.369 e. The molecule has 13 heteroatoms. The lowest BCUT2D eigenvalue weighted by Gasteiger charge is -2.11. The Morgan fingerprint density at radius 2 is 1.88 bits per heavy atom. The summed E-state index contributed by atoms with van der Waals surface area (Å²) in [6.45, 7) is 0.323. The number of nitrogens with zero attached hydrogens (tertiary/aromatic N) is 2. The van der Waals surface area contributed by atoms with Gasteiger partial charge in [-0.25, -0.2) is 18.5 Å². The van der Waals surface area contributed by atoms with Crippen LogP contribution in [0, 0.1) is 0 Å². The zero-order valence-corrected chi connectivity index (χ0v) is 16.6. The van der Waals surface area contributed by atoms with E-state index in [1.165, 1.54) is 30.5 Å². The first kappa shape index (κ1) is 20.7. The third-order valence-corrected chi connectivity index (χ3v) is 5.51. The van der Waals surface area contributed by atoms with Crippen molar-refractivity contribution in [2.75, 3.05) is 23.3 Å².